The van der Waals surface area contributed by atoms with E-state index in [0.717, 1.165) is 28.3 Å². The van der Waals surface area contributed by atoms with Gasteiger partial charge in [0, 0.05) is 17.0 Å². The van der Waals surface area contributed by atoms with Crippen LogP contribution in [0.1, 0.15) is 43.8 Å². The molecule has 0 atom stereocenters. The van der Waals surface area contributed by atoms with Crippen LogP contribution in [0.3, 0.4) is 0 Å². The molecule has 2 aromatic carbocycles. The van der Waals surface area contributed by atoms with Gasteiger partial charge < -0.3 is 0 Å². The fourth-order valence-electron chi connectivity index (χ4n) is 3.52. The minimum absolute atomic E-state index is 0.505. The first kappa shape index (κ1) is 15.1. The molecule has 0 amide bonds. The SMILES string of the molecule is c1ccc(-c2cc(-c3ccccc3)nc(C3CCCCC3)n2)cc1. The topological polar surface area (TPSA) is 25.8 Å². The van der Waals surface area contributed by atoms with Gasteiger partial charge in [0.15, 0.2) is 0 Å². The molecule has 0 unspecified atom stereocenters. The summed E-state index contributed by atoms with van der Waals surface area (Å²) in [6.07, 6.45) is 6.37. The van der Waals surface area contributed by atoms with Crippen LogP contribution in [0.2, 0.25) is 0 Å². The third-order valence-corrected chi connectivity index (χ3v) is 4.85. The van der Waals surface area contributed by atoms with Crippen LogP contribution in [-0.2, 0) is 0 Å². The lowest BCUT2D eigenvalue weighted by Gasteiger charge is -2.21. The molecule has 2 heteroatoms. The van der Waals surface area contributed by atoms with E-state index in [1.54, 1.807) is 0 Å². The molecule has 0 saturated heterocycles. The van der Waals surface area contributed by atoms with Crippen molar-refractivity contribution in [3.05, 3.63) is 72.6 Å². The number of benzene rings is 2. The van der Waals surface area contributed by atoms with Gasteiger partial charge in [-0.15, -0.1) is 0 Å². The molecule has 1 heterocycles. The molecule has 1 aliphatic rings. The van der Waals surface area contributed by atoms with Crippen LogP contribution in [0.4, 0.5) is 0 Å². The Hall–Kier alpha value is -2.48. The molecule has 24 heavy (non-hydrogen) atoms. The van der Waals surface area contributed by atoms with Gasteiger partial charge in [0.2, 0.25) is 0 Å². The minimum Gasteiger partial charge on any atom is -0.233 e. The van der Waals surface area contributed by atoms with E-state index in [0.29, 0.717) is 5.92 Å². The molecular formula is C22H22N2. The lowest BCUT2D eigenvalue weighted by atomic mass is 9.88. The van der Waals surface area contributed by atoms with Gasteiger partial charge in [-0.05, 0) is 18.9 Å². The van der Waals surface area contributed by atoms with Crippen molar-refractivity contribution in [3.63, 3.8) is 0 Å². The standard InChI is InChI=1S/C22H22N2/c1-4-10-17(11-5-1)20-16-21(18-12-6-2-7-13-18)24-22(23-20)19-14-8-3-9-15-19/h1-2,4-7,10-13,16,19H,3,8-9,14-15H2. The third kappa shape index (κ3) is 3.23. The highest BCUT2D eigenvalue weighted by Crippen LogP contribution is 2.33. The first-order chi connectivity index (χ1) is 11.9. The first-order valence-electron chi connectivity index (χ1n) is 8.90. The van der Waals surface area contributed by atoms with Crippen LogP contribution >= 0.6 is 0 Å². The van der Waals surface area contributed by atoms with Crippen LogP contribution < -0.4 is 0 Å². The van der Waals surface area contributed by atoms with Crippen molar-refractivity contribution in [2.75, 3.05) is 0 Å². The molecule has 3 aromatic rings. The lowest BCUT2D eigenvalue weighted by Crippen LogP contribution is -2.10. The molecule has 1 fully saturated rings. The molecular weight excluding hydrogens is 292 g/mol. The summed E-state index contributed by atoms with van der Waals surface area (Å²) in [6, 6.07) is 23.0. The van der Waals surface area contributed by atoms with E-state index in [1.807, 2.05) is 12.1 Å². The molecule has 1 aliphatic carbocycles. The van der Waals surface area contributed by atoms with Gasteiger partial charge in [-0.2, -0.15) is 0 Å². The fourth-order valence-corrected chi connectivity index (χ4v) is 3.52. The maximum atomic E-state index is 4.94. The van der Waals surface area contributed by atoms with Gasteiger partial charge >= 0.3 is 0 Å². The molecule has 0 aliphatic heterocycles. The predicted molar refractivity (Wildman–Crippen MR) is 98.7 cm³/mol. The zero-order valence-corrected chi connectivity index (χ0v) is 13.9. The number of rotatable bonds is 3. The summed E-state index contributed by atoms with van der Waals surface area (Å²) in [4.78, 5) is 9.88. The zero-order chi connectivity index (χ0) is 16.2. The van der Waals surface area contributed by atoms with Crippen molar-refractivity contribution in [2.45, 2.75) is 38.0 Å². The Kier molecular flexibility index (Phi) is 4.37. The largest absolute Gasteiger partial charge is 0.233 e. The average Bonchev–Trinajstić information content (AvgIpc) is 2.70. The lowest BCUT2D eigenvalue weighted by molar-refractivity contribution is 0.429. The van der Waals surface area contributed by atoms with E-state index in [2.05, 4.69) is 54.6 Å². The van der Waals surface area contributed by atoms with E-state index >= 15 is 0 Å². The highest BCUT2D eigenvalue weighted by atomic mass is 14.9. The fraction of sp³-hybridized carbons (Fsp3) is 0.273. The Balaban J connectivity index is 1.81. The second kappa shape index (κ2) is 6.96. The van der Waals surface area contributed by atoms with Crippen molar-refractivity contribution in [2.24, 2.45) is 0 Å². The Morgan fingerprint density at radius 2 is 1.12 bits per heavy atom. The Labute approximate surface area is 143 Å². The number of nitrogens with zero attached hydrogens (tertiary/aromatic N) is 2. The Morgan fingerprint density at radius 1 is 0.625 bits per heavy atom. The number of hydrogen-bond donors (Lipinski definition) is 0. The molecule has 0 N–H and O–H groups in total. The van der Waals surface area contributed by atoms with Crippen molar-refractivity contribution in [1.82, 2.24) is 9.97 Å². The molecule has 0 bridgehead atoms. The van der Waals surface area contributed by atoms with Crippen molar-refractivity contribution < 1.29 is 0 Å². The Bertz CT molecular complexity index is 733. The number of aromatic nitrogens is 2. The van der Waals surface area contributed by atoms with Crippen molar-refractivity contribution in [3.8, 4) is 22.5 Å². The van der Waals surface area contributed by atoms with Gasteiger partial charge in [-0.3, -0.25) is 0 Å². The maximum Gasteiger partial charge on any atom is 0.132 e. The van der Waals surface area contributed by atoms with Crippen molar-refractivity contribution in [1.29, 1.82) is 0 Å². The quantitative estimate of drug-likeness (QED) is 0.605. The monoisotopic (exact) mass is 314 g/mol. The highest BCUT2D eigenvalue weighted by Gasteiger charge is 2.20. The van der Waals surface area contributed by atoms with E-state index in [4.69, 9.17) is 9.97 Å². The predicted octanol–water partition coefficient (Wildman–Crippen LogP) is 5.86. The molecule has 1 saturated carbocycles. The smallest absolute Gasteiger partial charge is 0.132 e. The van der Waals surface area contributed by atoms with Gasteiger partial charge in [-0.1, -0.05) is 79.9 Å². The van der Waals surface area contributed by atoms with E-state index in [9.17, 15) is 0 Å². The van der Waals surface area contributed by atoms with Crippen LogP contribution in [0.15, 0.2) is 66.7 Å². The normalized spacial score (nSPS) is 15.3. The van der Waals surface area contributed by atoms with E-state index in [1.165, 1.54) is 32.1 Å². The molecule has 0 spiro atoms. The van der Waals surface area contributed by atoms with Crippen LogP contribution in [0.5, 0.6) is 0 Å². The number of hydrogen-bond acceptors (Lipinski definition) is 2. The highest BCUT2D eigenvalue weighted by molar-refractivity contribution is 5.67. The molecule has 2 nitrogen and oxygen atoms in total. The summed E-state index contributed by atoms with van der Waals surface area (Å²) in [5.41, 5.74) is 4.39. The van der Waals surface area contributed by atoms with Gasteiger partial charge in [0.25, 0.3) is 0 Å². The first-order valence-corrected chi connectivity index (χ1v) is 8.90. The minimum atomic E-state index is 0.505. The summed E-state index contributed by atoms with van der Waals surface area (Å²) in [6.45, 7) is 0. The van der Waals surface area contributed by atoms with E-state index < -0.39 is 0 Å². The van der Waals surface area contributed by atoms with Gasteiger partial charge in [0.1, 0.15) is 5.82 Å². The van der Waals surface area contributed by atoms with Gasteiger partial charge in [0.05, 0.1) is 11.4 Å². The summed E-state index contributed by atoms with van der Waals surface area (Å²) in [5.74, 6) is 1.53. The average molecular weight is 314 g/mol. The maximum absolute atomic E-state index is 4.94. The second-order valence-electron chi connectivity index (χ2n) is 6.56. The summed E-state index contributed by atoms with van der Waals surface area (Å²) < 4.78 is 0. The summed E-state index contributed by atoms with van der Waals surface area (Å²) >= 11 is 0. The summed E-state index contributed by atoms with van der Waals surface area (Å²) in [7, 11) is 0. The zero-order valence-electron chi connectivity index (χ0n) is 13.9. The second-order valence-corrected chi connectivity index (χ2v) is 6.56. The van der Waals surface area contributed by atoms with Crippen LogP contribution in [0, 0.1) is 0 Å². The Morgan fingerprint density at radius 3 is 1.62 bits per heavy atom. The van der Waals surface area contributed by atoms with Crippen LogP contribution in [-0.4, -0.2) is 9.97 Å². The third-order valence-electron chi connectivity index (χ3n) is 4.85. The van der Waals surface area contributed by atoms with Crippen molar-refractivity contribution >= 4 is 0 Å². The van der Waals surface area contributed by atoms with Crippen LogP contribution in [0.25, 0.3) is 22.5 Å². The van der Waals surface area contributed by atoms with E-state index in [-0.39, 0.29) is 0 Å². The molecule has 4 rings (SSSR count). The van der Waals surface area contributed by atoms with Gasteiger partial charge in [-0.25, -0.2) is 9.97 Å². The molecule has 0 radical (unpaired) electrons. The molecule has 120 valence electrons. The molecule has 1 aromatic heterocycles. The summed E-state index contributed by atoms with van der Waals surface area (Å²) in [5, 5.41) is 0.